The van der Waals surface area contributed by atoms with Crippen LogP contribution in [0.3, 0.4) is 0 Å². The number of rotatable bonds is 5. The van der Waals surface area contributed by atoms with Crippen molar-refractivity contribution in [1.29, 1.82) is 0 Å². The highest BCUT2D eigenvalue weighted by Crippen LogP contribution is 2.52. The third-order valence-electron chi connectivity index (χ3n) is 8.14. The molecule has 2 heterocycles. The van der Waals surface area contributed by atoms with Crippen molar-refractivity contribution in [2.45, 2.75) is 62.4 Å². The molecule has 234 valence electrons. The summed E-state index contributed by atoms with van der Waals surface area (Å²) >= 11 is 0. The fourth-order valence-electron chi connectivity index (χ4n) is 5.92. The Bertz CT molecular complexity index is 1570. The summed E-state index contributed by atoms with van der Waals surface area (Å²) in [6, 6.07) is 3.64. The third kappa shape index (κ3) is 5.23. The number of nitrogens with one attached hydrogen (secondary N) is 1. The van der Waals surface area contributed by atoms with Crippen molar-refractivity contribution < 1.29 is 54.1 Å². The summed E-state index contributed by atoms with van der Waals surface area (Å²) in [6.45, 7) is 0.560. The van der Waals surface area contributed by atoms with E-state index in [1.54, 1.807) is 19.3 Å². The minimum Gasteiger partial charge on any atom is -0.507 e. The van der Waals surface area contributed by atoms with Crippen LogP contribution in [0.4, 0.5) is 0 Å². The molecule has 0 spiro atoms. The van der Waals surface area contributed by atoms with Crippen LogP contribution >= 0.6 is 0 Å². The molecule has 15 nitrogen and oxygen atoms in total. The Morgan fingerprint density at radius 2 is 1.82 bits per heavy atom. The predicted molar refractivity (Wildman–Crippen MR) is 148 cm³/mol. The molecule has 2 aliphatic carbocycles. The molecule has 6 unspecified atom stereocenters. The van der Waals surface area contributed by atoms with E-state index in [0.29, 0.717) is 0 Å². The van der Waals surface area contributed by atoms with E-state index >= 15 is 0 Å². The van der Waals surface area contributed by atoms with Gasteiger partial charge in [0.1, 0.15) is 29.5 Å². The van der Waals surface area contributed by atoms with Gasteiger partial charge in [0, 0.05) is 42.0 Å². The highest BCUT2D eigenvalue weighted by Gasteiger charge is 2.50. The van der Waals surface area contributed by atoms with Gasteiger partial charge in [0.15, 0.2) is 17.9 Å². The maximum absolute atomic E-state index is 13.6. The first-order chi connectivity index (χ1) is 20.9. The summed E-state index contributed by atoms with van der Waals surface area (Å²) in [6.07, 6.45) is -1.96. The van der Waals surface area contributed by atoms with E-state index in [2.05, 4.69) is 15.4 Å². The number of carbonyl (C=O) groups excluding carboxylic acids is 3. The van der Waals surface area contributed by atoms with Crippen molar-refractivity contribution in [3.8, 4) is 17.2 Å². The van der Waals surface area contributed by atoms with Crippen LogP contribution < -0.4 is 10.5 Å². The zero-order chi connectivity index (χ0) is 31.9. The maximum Gasteiger partial charge on any atom is 0.202 e. The largest absolute Gasteiger partial charge is 0.507 e. The molecule has 15 heteroatoms. The lowest BCUT2D eigenvalue weighted by molar-refractivity contribution is -0.247. The number of benzene rings is 2. The summed E-state index contributed by atoms with van der Waals surface area (Å²) in [5.74, 6) is -3.77. The smallest absolute Gasteiger partial charge is 0.202 e. The van der Waals surface area contributed by atoms with Gasteiger partial charge in [-0.05, 0) is 13.0 Å². The van der Waals surface area contributed by atoms with Crippen LogP contribution in [-0.2, 0) is 20.7 Å². The quantitative estimate of drug-likeness (QED) is 0.144. The first-order valence-corrected chi connectivity index (χ1v) is 13.7. The molecule has 2 aromatic carbocycles. The van der Waals surface area contributed by atoms with Crippen LogP contribution in [0.1, 0.15) is 68.8 Å². The minimum atomic E-state index is -2.24. The van der Waals surface area contributed by atoms with E-state index in [1.165, 1.54) is 25.3 Å². The number of hydrogen-bond donors (Lipinski definition) is 7. The Labute approximate surface area is 250 Å². The molecule has 0 bridgehead atoms. The van der Waals surface area contributed by atoms with Gasteiger partial charge in [0.2, 0.25) is 5.78 Å². The average Bonchev–Trinajstić information content (AvgIpc) is 3.60. The van der Waals surface area contributed by atoms with Crippen molar-refractivity contribution in [1.82, 2.24) is 15.4 Å². The van der Waals surface area contributed by atoms with E-state index in [9.17, 15) is 39.9 Å². The van der Waals surface area contributed by atoms with Gasteiger partial charge in [-0.1, -0.05) is 12.1 Å². The monoisotopic (exact) mass is 612 g/mol. The van der Waals surface area contributed by atoms with E-state index in [4.69, 9.17) is 19.9 Å². The van der Waals surface area contributed by atoms with Gasteiger partial charge in [0.25, 0.3) is 0 Å². The van der Waals surface area contributed by atoms with Crippen LogP contribution in [0.25, 0.3) is 0 Å². The van der Waals surface area contributed by atoms with Crippen LogP contribution in [0.5, 0.6) is 17.2 Å². The molecule has 8 N–H and O–H groups in total. The van der Waals surface area contributed by atoms with Crippen LogP contribution in [-0.4, -0.2) is 102 Å². The number of hydrogen-bond acceptors (Lipinski definition) is 14. The normalized spacial score (nSPS) is 27.4. The Kier molecular flexibility index (Phi) is 8.53. The number of aromatic hydroxyl groups is 2. The topological polar surface area (TPSA) is 248 Å². The number of nitrogens with zero attached hydrogens (tertiary/aromatic N) is 2. The number of aliphatic hydroxyl groups excluding tert-OH is 2. The Morgan fingerprint density at radius 1 is 1.14 bits per heavy atom. The van der Waals surface area contributed by atoms with Crippen LogP contribution in [0, 0.1) is 0 Å². The molecule has 3 aromatic rings. The Morgan fingerprint density at radius 3 is 2.41 bits per heavy atom. The molecule has 0 radical (unpaired) electrons. The van der Waals surface area contributed by atoms with Gasteiger partial charge >= 0.3 is 0 Å². The average molecular weight is 613 g/mol. The zero-order valence-electron chi connectivity index (χ0n) is 23.8. The number of Topliss-reactive ketones (excluding diaryl/α,β-unsaturated/α-hetero) is 1. The lowest BCUT2D eigenvalue weighted by Crippen LogP contribution is -2.53. The van der Waals surface area contributed by atoms with Gasteiger partial charge < -0.3 is 45.5 Å². The number of ether oxygens (including phenoxy) is 3. The molecule has 1 aliphatic heterocycles. The molecule has 6 rings (SSSR count). The van der Waals surface area contributed by atoms with Crippen molar-refractivity contribution >= 4 is 17.3 Å². The number of aliphatic hydroxyl groups is 3. The van der Waals surface area contributed by atoms with Gasteiger partial charge in [-0.3, -0.25) is 14.4 Å². The molecule has 0 amide bonds. The first kappa shape index (κ1) is 31.2. The number of phenolic OH excluding ortho intramolecular Hbond substituents is 2. The first-order valence-electron chi connectivity index (χ1n) is 13.7. The lowest BCUT2D eigenvalue weighted by Gasteiger charge is -2.42. The number of aromatic amines is 1. The molecular formula is C29H32N4O11. The highest BCUT2D eigenvalue weighted by atomic mass is 16.7. The van der Waals surface area contributed by atoms with Crippen LogP contribution in [0.2, 0.25) is 0 Å². The molecule has 1 fully saturated rings. The van der Waals surface area contributed by atoms with Crippen molar-refractivity contribution in [2.24, 2.45) is 5.73 Å². The fraction of sp³-hybridized carbons (Fsp3) is 0.414. The predicted octanol–water partition coefficient (Wildman–Crippen LogP) is -0.194. The minimum absolute atomic E-state index is 0.0173. The maximum atomic E-state index is 13.6. The number of carbonyl (C=O) groups is 3. The van der Waals surface area contributed by atoms with Crippen LogP contribution in [0.15, 0.2) is 30.6 Å². The molecule has 44 heavy (non-hydrogen) atoms. The zero-order valence-corrected chi connectivity index (χ0v) is 23.8. The summed E-state index contributed by atoms with van der Waals surface area (Å²) in [5, 5.41) is 63.0. The fourth-order valence-corrected chi connectivity index (χ4v) is 5.92. The SMILES string of the molecule is COc1cccc2c1C(=O)c1c(O)c3c(c(O)c1C2=O)CC(O)(C(=O)CO)CC3OC1CC(N)C(O)C(C)O1.c1cn[nH]n1. The highest BCUT2D eigenvalue weighted by molar-refractivity contribution is 6.31. The standard InChI is InChI=1S/C27H29NO11.C2H3N3/c1-10-22(31)13(28)6-17(38-10)39-15-8-27(36,16(30)9-29)7-12-19(15)26(35)21-20(24(12)33)23(32)11-4-3-5-14(37-2)18(11)25(21)34;1-2-4-5-3-1/h3-5,10,13,15,17,22,29,31,33,35-36H,6-9,28H2,1-2H3;1-2H,(H,3,4,5). The molecule has 0 saturated carbocycles. The number of aromatic nitrogens is 3. The molecular weight excluding hydrogens is 580 g/mol. The van der Waals surface area contributed by atoms with E-state index in [0.717, 1.165) is 0 Å². The number of H-pyrrole nitrogens is 1. The van der Waals surface area contributed by atoms with Crippen molar-refractivity contribution in [3.63, 3.8) is 0 Å². The van der Waals surface area contributed by atoms with Crippen molar-refractivity contribution in [3.05, 3.63) is 64.0 Å². The Balaban J connectivity index is 0.000000698. The molecule has 1 aromatic heterocycles. The van der Waals surface area contributed by atoms with Gasteiger partial charge in [-0.2, -0.15) is 15.4 Å². The number of nitrogens with two attached hydrogens (primary N) is 1. The number of methoxy groups -OCH3 is 1. The summed E-state index contributed by atoms with van der Waals surface area (Å²) in [7, 11) is 1.32. The summed E-state index contributed by atoms with van der Waals surface area (Å²) < 4.78 is 17.0. The second-order valence-electron chi connectivity index (χ2n) is 10.8. The number of fused-ring (bicyclic) bond motifs is 3. The van der Waals surface area contributed by atoms with E-state index in [-0.39, 0.29) is 34.4 Å². The van der Waals surface area contributed by atoms with Gasteiger partial charge in [-0.25, -0.2) is 0 Å². The number of phenols is 2. The summed E-state index contributed by atoms with van der Waals surface area (Å²) in [4.78, 5) is 39.7. The third-order valence-corrected chi connectivity index (χ3v) is 8.14. The Hall–Kier alpha value is -4.25. The second kappa shape index (κ2) is 12.0. The lowest BCUT2D eigenvalue weighted by atomic mass is 9.72. The van der Waals surface area contributed by atoms with Crippen molar-refractivity contribution in [2.75, 3.05) is 13.7 Å². The van der Waals surface area contributed by atoms with E-state index in [1.807, 2.05) is 0 Å². The number of ketones is 3. The van der Waals surface area contributed by atoms with Gasteiger partial charge in [0.05, 0.1) is 54.5 Å². The van der Waals surface area contributed by atoms with E-state index < -0.39 is 95.7 Å². The van der Waals surface area contributed by atoms with Gasteiger partial charge in [-0.15, -0.1) is 0 Å². The second-order valence-corrected chi connectivity index (χ2v) is 10.8. The molecule has 1 saturated heterocycles. The summed E-state index contributed by atoms with van der Waals surface area (Å²) in [5.41, 5.74) is 2.37. The molecule has 6 atom stereocenters. The molecule has 3 aliphatic rings.